The topological polar surface area (TPSA) is 38.3 Å². The Hall–Kier alpha value is -2.36. The third kappa shape index (κ3) is 4.09. The summed E-state index contributed by atoms with van der Waals surface area (Å²) in [5, 5.41) is 2.67. The van der Waals surface area contributed by atoms with Gasteiger partial charge < -0.3 is 10.1 Å². The largest absolute Gasteiger partial charge is 0.494 e. The van der Waals surface area contributed by atoms with Crippen LogP contribution >= 0.6 is 0 Å². The van der Waals surface area contributed by atoms with Gasteiger partial charge in [0.25, 0.3) is 5.91 Å². The summed E-state index contributed by atoms with van der Waals surface area (Å²) >= 11 is 0. The number of benzene rings is 2. The number of amides is 1. The van der Waals surface area contributed by atoms with Crippen LogP contribution in [0, 0.1) is 5.82 Å². The van der Waals surface area contributed by atoms with Gasteiger partial charge in [0.15, 0.2) is 0 Å². The van der Waals surface area contributed by atoms with Crippen LogP contribution in [0.15, 0.2) is 54.6 Å². The van der Waals surface area contributed by atoms with Gasteiger partial charge in [-0.1, -0.05) is 30.3 Å². The SMILES string of the molecule is O=C(NCCCOc1ccccc1)c1ccccc1F. The molecule has 0 spiro atoms. The van der Waals surface area contributed by atoms with Crippen LogP contribution in [0.3, 0.4) is 0 Å². The first-order valence-electron chi connectivity index (χ1n) is 6.48. The summed E-state index contributed by atoms with van der Waals surface area (Å²) in [7, 11) is 0. The number of hydrogen-bond acceptors (Lipinski definition) is 2. The second-order valence-corrected chi connectivity index (χ2v) is 4.25. The molecule has 2 aromatic rings. The van der Waals surface area contributed by atoms with Gasteiger partial charge >= 0.3 is 0 Å². The van der Waals surface area contributed by atoms with E-state index in [2.05, 4.69) is 5.32 Å². The number of hydrogen-bond donors (Lipinski definition) is 1. The van der Waals surface area contributed by atoms with Gasteiger partial charge in [0.1, 0.15) is 11.6 Å². The second kappa shape index (κ2) is 7.28. The van der Waals surface area contributed by atoms with Crippen LogP contribution in [-0.4, -0.2) is 19.1 Å². The van der Waals surface area contributed by atoms with Crippen molar-refractivity contribution in [1.29, 1.82) is 0 Å². The minimum absolute atomic E-state index is 0.0662. The lowest BCUT2D eigenvalue weighted by atomic mass is 10.2. The average molecular weight is 273 g/mol. The van der Waals surface area contributed by atoms with Crippen molar-refractivity contribution in [2.24, 2.45) is 0 Å². The van der Waals surface area contributed by atoms with Crippen LogP contribution in [-0.2, 0) is 0 Å². The third-order valence-corrected chi connectivity index (χ3v) is 2.74. The summed E-state index contributed by atoms with van der Waals surface area (Å²) in [5.74, 6) is -0.110. The summed E-state index contributed by atoms with van der Waals surface area (Å²) in [6, 6.07) is 15.4. The Morgan fingerprint density at radius 1 is 1.05 bits per heavy atom. The number of ether oxygens (including phenoxy) is 1. The first kappa shape index (κ1) is 14.1. The molecule has 2 rings (SSSR count). The van der Waals surface area contributed by atoms with E-state index in [-0.39, 0.29) is 5.56 Å². The summed E-state index contributed by atoms with van der Waals surface area (Å²) < 4.78 is 18.8. The number of halogens is 1. The molecule has 0 fully saturated rings. The predicted molar refractivity (Wildman–Crippen MR) is 75.3 cm³/mol. The molecule has 0 aliphatic carbocycles. The van der Waals surface area contributed by atoms with Crippen LogP contribution in [0.2, 0.25) is 0 Å². The molecule has 1 N–H and O–H groups in total. The highest BCUT2D eigenvalue weighted by Gasteiger charge is 2.09. The molecule has 0 atom stereocenters. The molecule has 1 amide bonds. The molecule has 104 valence electrons. The number of rotatable bonds is 6. The molecule has 0 bridgehead atoms. The highest BCUT2D eigenvalue weighted by Crippen LogP contribution is 2.08. The molecule has 0 heterocycles. The summed E-state index contributed by atoms with van der Waals surface area (Å²) in [5.41, 5.74) is 0.0662. The van der Waals surface area contributed by atoms with Gasteiger partial charge in [-0.15, -0.1) is 0 Å². The lowest BCUT2D eigenvalue weighted by Gasteiger charge is -2.07. The molecule has 20 heavy (non-hydrogen) atoms. The Morgan fingerprint density at radius 3 is 2.50 bits per heavy atom. The molecule has 2 aromatic carbocycles. The fourth-order valence-electron chi connectivity index (χ4n) is 1.72. The zero-order valence-electron chi connectivity index (χ0n) is 11.0. The average Bonchev–Trinajstić information content (AvgIpc) is 2.48. The highest BCUT2D eigenvalue weighted by atomic mass is 19.1. The van der Waals surface area contributed by atoms with Crippen LogP contribution in [0.1, 0.15) is 16.8 Å². The summed E-state index contributed by atoms with van der Waals surface area (Å²) in [6.07, 6.45) is 0.662. The van der Waals surface area contributed by atoms with Crippen LogP contribution in [0.25, 0.3) is 0 Å². The van der Waals surface area contributed by atoms with Crippen molar-refractivity contribution < 1.29 is 13.9 Å². The van der Waals surface area contributed by atoms with E-state index in [1.165, 1.54) is 12.1 Å². The molecule has 4 heteroatoms. The van der Waals surface area contributed by atoms with Crippen LogP contribution < -0.4 is 10.1 Å². The van der Waals surface area contributed by atoms with Crippen molar-refractivity contribution >= 4 is 5.91 Å². The molecule has 3 nitrogen and oxygen atoms in total. The highest BCUT2D eigenvalue weighted by molar-refractivity contribution is 5.94. The number of carbonyl (C=O) groups is 1. The zero-order chi connectivity index (χ0) is 14.2. The smallest absolute Gasteiger partial charge is 0.254 e. The Morgan fingerprint density at radius 2 is 1.75 bits per heavy atom. The monoisotopic (exact) mass is 273 g/mol. The van der Waals surface area contributed by atoms with E-state index in [1.807, 2.05) is 30.3 Å². The summed E-state index contributed by atoms with van der Waals surface area (Å²) in [6.45, 7) is 0.946. The fourth-order valence-corrected chi connectivity index (χ4v) is 1.72. The molecule has 0 radical (unpaired) electrons. The molecule has 0 saturated heterocycles. The summed E-state index contributed by atoms with van der Waals surface area (Å²) in [4.78, 5) is 11.7. The molecule has 0 aliphatic heterocycles. The predicted octanol–water partition coefficient (Wildman–Crippen LogP) is 3.02. The Bertz CT molecular complexity index is 557. The van der Waals surface area contributed by atoms with Crippen LogP contribution in [0.5, 0.6) is 5.75 Å². The van der Waals surface area contributed by atoms with Crippen molar-refractivity contribution in [1.82, 2.24) is 5.32 Å². The molecule has 0 unspecified atom stereocenters. The molecule has 0 aromatic heterocycles. The van der Waals surface area contributed by atoms with E-state index in [0.29, 0.717) is 19.6 Å². The fraction of sp³-hybridized carbons (Fsp3) is 0.188. The van der Waals surface area contributed by atoms with Gasteiger partial charge in [0.2, 0.25) is 0 Å². The molecule has 0 aliphatic rings. The van der Waals surface area contributed by atoms with Gasteiger partial charge in [-0.25, -0.2) is 4.39 Å². The Balaban J connectivity index is 1.69. The van der Waals surface area contributed by atoms with E-state index in [1.54, 1.807) is 12.1 Å². The van der Waals surface area contributed by atoms with Gasteiger partial charge in [0.05, 0.1) is 12.2 Å². The van der Waals surface area contributed by atoms with E-state index in [0.717, 1.165) is 5.75 Å². The number of nitrogens with one attached hydrogen (secondary N) is 1. The lowest BCUT2D eigenvalue weighted by Crippen LogP contribution is -2.26. The normalized spacial score (nSPS) is 10.1. The van der Waals surface area contributed by atoms with Crippen molar-refractivity contribution in [3.63, 3.8) is 0 Å². The van der Waals surface area contributed by atoms with E-state index in [4.69, 9.17) is 4.74 Å². The molecular formula is C16H16FNO2. The minimum atomic E-state index is -0.509. The van der Waals surface area contributed by atoms with Gasteiger partial charge in [0, 0.05) is 6.54 Å². The Kier molecular flexibility index (Phi) is 5.12. The van der Waals surface area contributed by atoms with Crippen molar-refractivity contribution in [3.05, 3.63) is 66.0 Å². The first-order valence-corrected chi connectivity index (χ1v) is 6.48. The maximum absolute atomic E-state index is 13.4. The van der Waals surface area contributed by atoms with E-state index >= 15 is 0 Å². The van der Waals surface area contributed by atoms with Gasteiger partial charge in [-0.2, -0.15) is 0 Å². The van der Waals surface area contributed by atoms with E-state index in [9.17, 15) is 9.18 Å². The number of carbonyl (C=O) groups excluding carboxylic acids is 1. The van der Waals surface area contributed by atoms with Crippen molar-refractivity contribution in [3.8, 4) is 5.75 Å². The standard InChI is InChI=1S/C16H16FNO2/c17-15-10-5-4-9-14(15)16(19)18-11-6-12-20-13-7-2-1-3-8-13/h1-5,7-10H,6,11-12H2,(H,18,19). The minimum Gasteiger partial charge on any atom is -0.494 e. The number of para-hydroxylation sites is 1. The second-order valence-electron chi connectivity index (χ2n) is 4.25. The molecule has 0 saturated carbocycles. The molecular weight excluding hydrogens is 257 g/mol. The first-order chi connectivity index (χ1) is 9.77. The third-order valence-electron chi connectivity index (χ3n) is 2.74. The quantitative estimate of drug-likeness (QED) is 0.822. The van der Waals surface area contributed by atoms with E-state index < -0.39 is 11.7 Å². The zero-order valence-corrected chi connectivity index (χ0v) is 11.0. The van der Waals surface area contributed by atoms with Gasteiger partial charge in [-0.05, 0) is 30.7 Å². The maximum Gasteiger partial charge on any atom is 0.254 e. The van der Waals surface area contributed by atoms with Crippen molar-refractivity contribution in [2.75, 3.05) is 13.2 Å². The van der Waals surface area contributed by atoms with Crippen molar-refractivity contribution in [2.45, 2.75) is 6.42 Å². The maximum atomic E-state index is 13.4. The van der Waals surface area contributed by atoms with Crippen LogP contribution in [0.4, 0.5) is 4.39 Å². The lowest BCUT2D eigenvalue weighted by molar-refractivity contribution is 0.0947. The van der Waals surface area contributed by atoms with Gasteiger partial charge in [-0.3, -0.25) is 4.79 Å². The Labute approximate surface area is 117 Å².